The zero-order valence-electron chi connectivity index (χ0n) is 36.9. The minimum Gasteiger partial charge on any atom is -0.336 e. The second kappa shape index (κ2) is 35.8. The quantitative estimate of drug-likeness (QED) is 0.0629. The van der Waals surface area contributed by atoms with Gasteiger partial charge in [-0.2, -0.15) is 0 Å². The molecule has 4 atom stereocenters. The van der Waals surface area contributed by atoms with Gasteiger partial charge in [0, 0.05) is 44.1 Å². The first kappa shape index (κ1) is 49.1. The van der Waals surface area contributed by atoms with E-state index in [1.54, 1.807) is 0 Å². The third-order valence-electron chi connectivity index (χ3n) is 12.2. The van der Waals surface area contributed by atoms with Crippen molar-refractivity contribution in [2.75, 3.05) is 26.2 Å². The summed E-state index contributed by atoms with van der Waals surface area (Å²) >= 11 is 0. The highest BCUT2D eigenvalue weighted by atomic mass is 15.2. The van der Waals surface area contributed by atoms with Crippen molar-refractivity contribution in [3.63, 3.8) is 0 Å². The molecule has 0 radical (unpaired) electrons. The fraction of sp³-hybridized carbons (Fsp3) is 0.938. The predicted molar refractivity (Wildman–Crippen MR) is 234 cm³/mol. The fourth-order valence-electron chi connectivity index (χ4n) is 8.71. The first-order chi connectivity index (χ1) is 25.5. The molecule has 1 aromatic heterocycles. The van der Waals surface area contributed by atoms with E-state index in [1.807, 2.05) is 12.5 Å². The van der Waals surface area contributed by atoms with Crippen LogP contribution in [-0.4, -0.2) is 57.6 Å². The number of unbranched alkanes of at least 4 members (excludes halogenated alkanes) is 16. The Kier molecular flexibility index (Phi) is 33.8. The largest absolute Gasteiger partial charge is 0.336 e. The first-order valence-corrected chi connectivity index (χ1v) is 24.0. The van der Waals surface area contributed by atoms with Crippen LogP contribution in [0.1, 0.15) is 235 Å². The minimum atomic E-state index is 0.534. The van der Waals surface area contributed by atoms with Crippen molar-refractivity contribution in [2.45, 2.75) is 253 Å². The van der Waals surface area contributed by atoms with E-state index in [2.05, 4.69) is 74.0 Å². The molecule has 0 aliphatic carbocycles. The Morgan fingerprint density at radius 1 is 0.462 bits per heavy atom. The molecule has 1 aromatic rings. The van der Waals surface area contributed by atoms with Crippen molar-refractivity contribution in [1.82, 2.24) is 19.4 Å². The van der Waals surface area contributed by atoms with Gasteiger partial charge in [-0.1, -0.05) is 183 Å². The van der Waals surface area contributed by atoms with E-state index in [0.29, 0.717) is 6.04 Å². The molecule has 0 aliphatic rings. The topological polar surface area (TPSA) is 24.3 Å². The first-order valence-electron chi connectivity index (χ1n) is 24.0. The Hall–Kier alpha value is -0.870. The van der Waals surface area contributed by atoms with Crippen LogP contribution in [0.15, 0.2) is 18.7 Å². The molecule has 0 amide bonds. The van der Waals surface area contributed by atoms with Crippen LogP contribution in [0, 0.1) is 11.8 Å². The Bertz CT molecular complexity index is 824. The normalized spacial score (nSPS) is 14.4. The summed E-state index contributed by atoms with van der Waals surface area (Å²) in [6.07, 6.45) is 46.7. The summed E-state index contributed by atoms with van der Waals surface area (Å²) in [6.45, 7) is 22.9. The zero-order chi connectivity index (χ0) is 37.9. The van der Waals surface area contributed by atoms with Gasteiger partial charge >= 0.3 is 0 Å². The van der Waals surface area contributed by atoms with Gasteiger partial charge < -0.3 is 9.47 Å². The third-order valence-corrected chi connectivity index (χ3v) is 12.2. The van der Waals surface area contributed by atoms with Crippen LogP contribution in [0.3, 0.4) is 0 Å². The Morgan fingerprint density at radius 3 is 1.35 bits per heavy atom. The monoisotopic (exact) mass is 729 g/mol. The molecular formula is C48H96N4. The van der Waals surface area contributed by atoms with E-state index in [9.17, 15) is 0 Å². The van der Waals surface area contributed by atoms with Gasteiger partial charge in [0.2, 0.25) is 0 Å². The number of nitrogens with zero attached hydrogens (tertiary/aromatic N) is 4. The van der Waals surface area contributed by atoms with Crippen molar-refractivity contribution < 1.29 is 0 Å². The summed E-state index contributed by atoms with van der Waals surface area (Å²) in [7, 11) is 0. The molecule has 4 unspecified atom stereocenters. The summed E-state index contributed by atoms with van der Waals surface area (Å²) in [5.41, 5.74) is 0. The molecule has 0 bridgehead atoms. The SMILES string of the molecule is CCCCCCCCC(CCCCCC)N(CCCN(CC(CCCC)CCCCCC)C(C)Cn1ccnc1)CC(CCCC)CCCCCC. The van der Waals surface area contributed by atoms with Crippen LogP contribution < -0.4 is 0 Å². The average molecular weight is 729 g/mol. The Balaban J connectivity index is 3.21. The molecule has 308 valence electrons. The summed E-state index contributed by atoms with van der Waals surface area (Å²) < 4.78 is 2.32. The lowest BCUT2D eigenvalue weighted by Crippen LogP contribution is -2.43. The van der Waals surface area contributed by atoms with Gasteiger partial charge in [-0.15, -0.1) is 0 Å². The molecule has 0 aliphatic heterocycles. The van der Waals surface area contributed by atoms with Crippen molar-refractivity contribution in [3.8, 4) is 0 Å². The highest BCUT2D eigenvalue weighted by Crippen LogP contribution is 2.26. The number of hydrogen-bond acceptors (Lipinski definition) is 3. The van der Waals surface area contributed by atoms with E-state index in [1.165, 1.54) is 212 Å². The average Bonchev–Trinajstić information content (AvgIpc) is 3.67. The van der Waals surface area contributed by atoms with Gasteiger partial charge in [0.15, 0.2) is 0 Å². The molecule has 0 aromatic carbocycles. The van der Waals surface area contributed by atoms with Crippen molar-refractivity contribution in [1.29, 1.82) is 0 Å². The van der Waals surface area contributed by atoms with E-state index in [-0.39, 0.29) is 0 Å². The van der Waals surface area contributed by atoms with E-state index < -0.39 is 0 Å². The maximum atomic E-state index is 4.40. The highest BCUT2D eigenvalue weighted by Gasteiger charge is 2.24. The molecule has 0 N–H and O–H groups in total. The minimum absolute atomic E-state index is 0.534. The summed E-state index contributed by atoms with van der Waals surface area (Å²) in [4.78, 5) is 10.4. The van der Waals surface area contributed by atoms with Crippen molar-refractivity contribution in [2.24, 2.45) is 11.8 Å². The number of hydrogen-bond donors (Lipinski definition) is 0. The standard InChI is InChI=1S/C48H96N4/c1-8-14-20-24-25-29-36-48(35-28-23-17-11-4)52(43-47(32-19-13-6)34-27-22-16-10-3)39-30-38-51(45(7)41-50-40-37-49-44-50)42-46(31-18-12-5)33-26-21-15-9-2/h37,40,44-48H,8-36,38-39,41-43H2,1-7H3. The number of aromatic nitrogens is 2. The molecule has 1 rings (SSSR count). The number of rotatable bonds is 40. The lowest BCUT2D eigenvalue weighted by atomic mass is 9.92. The Labute approximate surface area is 328 Å². The van der Waals surface area contributed by atoms with E-state index in [4.69, 9.17) is 0 Å². The van der Waals surface area contributed by atoms with Crippen LogP contribution >= 0.6 is 0 Å². The molecule has 1 heterocycles. The molecule has 0 spiro atoms. The lowest BCUT2D eigenvalue weighted by molar-refractivity contribution is 0.112. The van der Waals surface area contributed by atoms with Crippen molar-refractivity contribution >= 4 is 0 Å². The predicted octanol–water partition coefficient (Wildman–Crippen LogP) is 14.9. The van der Waals surface area contributed by atoms with Crippen LogP contribution in [0.25, 0.3) is 0 Å². The molecule has 52 heavy (non-hydrogen) atoms. The number of imidazole rings is 1. The van der Waals surface area contributed by atoms with Crippen LogP contribution in [0.4, 0.5) is 0 Å². The second-order valence-corrected chi connectivity index (χ2v) is 17.2. The Morgan fingerprint density at radius 2 is 0.865 bits per heavy atom. The van der Waals surface area contributed by atoms with Crippen LogP contribution in [0.2, 0.25) is 0 Å². The van der Waals surface area contributed by atoms with Gasteiger partial charge in [0.1, 0.15) is 0 Å². The van der Waals surface area contributed by atoms with Crippen LogP contribution in [0.5, 0.6) is 0 Å². The molecule has 0 saturated heterocycles. The fourth-order valence-corrected chi connectivity index (χ4v) is 8.71. The zero-order valence-corrected chi connectivity index (χ0v) is 36.9. The van der Waals surface area contributed by atoms with E-state index >= 15 is 0 Å². The van der Waals surface area contributed by atoms with E-state index in [0.717, 1.165) is 24.4 Å². The summed E-state index contributed by atoms with van der Waals surface area (Å²) in [5.74, 6) is 1.70. The summed E-state index contributed by atoms with van der Waals surface area (Å²) in [5, 5.41) is 0. The molecule has 0 saturated carbocycles. The summed E-state index contributed by atoms with van der Waals surface area (Å²) in [6, 6.07) is 1.31. The molecular weight excluding hydrogens is 633 g/mol. The van der Waals surface area contributed by atoms with Gasteiger partial charge in [-0.25, -0.2) is 4.98 Å². The maximum Gasteiger partial charge on any atom is 0.0946 e. The van der Waals surface area contributed by atoms with Crippen LogP contribution in [-0.2, 0) is 6.54 Å². The van der Waals surface area contributed by atoms with Gasteiger partial charge in [-0.05, 0) is 76.8 Å². The third kappa shape index (κ3) is 26.0. The molecule has 4 nitrogen and oxygen atoms in total. The molecule has 0 fully saturated rings. The van der Waals surface area contributed by atoms with Gasteiger partial charge in [-0.3, -0.25) is 4.90 Å². The van der Waals surface area contributed by atoms with Gasteiger partial charge in [0.05, 0.1) is 6.33 Å². The maximum absolute atomic E-state index is 4.40. The highest BCUT2D eigenvalue weighted by molar-refractivity contribution is 4.81. The van der Waals surface area contributed by atoms with Crippen molar-refractivity contribution in [3.05, 3.63) is 18.7 Å². The second-order valence-electron chi connectivity index (χ2n) is 17.2. The van der Waals surface area contributed by atoms with Gasteiger partial charge in [0.25, 0.3) is 0 Å². The lowest BCUT2D eigenvalue weighted by Gasteiger charge is -2.37. The smallest absolute Gasteiger partial charge is 0.0946 e. The molecule has 4 heteroatoms.